The fourth-order valence-corrected chi connectivity index (χ4v) is 3.65. The zero-order valence-electron chi connectivity index (χ0n) is 16.5. The molecule has 0 saturated heterocycles. The van der Waals surface area contributed by atoms with Crippen LogP contribution < -0.4 is 15.0 Å². The molecule has 0 spiro atoms. The van der Waals surface area contributed by atoms with Gasteiger partial charge < -0.3 is 15.0 Å². The number of nitrogens with zero attached hydrogens (tertiary/aromatic N) is 5. The van der Waals surface area contributed by atoms with Gasteiger partial charge in [-0.05, 0) is 38.0 Å². The molecular weight excluding hydrogens is 372 g/mol. The number of carbonyl (C=O) groups excluding carboxylic acids is 2. The van der Waals surface area contributed by atoms with Crippen LogP contribution in [0.5, 0.6) is 5.75 Å². The van der Waals surface area contributed by atoms with Crippen LogP contribution in [-0.4, -0.2) is 51.1 Å². The molecule has 9 heteroatoms. The molecule has 0 fully saturated rings. The molecule has 0 unspecified atom stereocenters. The predicted molar refractivity (Wildman–Crippen MR) is 106 cm³/mol. The monoisotopic (exact) mass is 394 g/mol. The van der Waals surface area contributed by atoms with E-state index in [0.717, 1.165) is 17.0 Å². The molecule has 0 aliphatic carbocycles. The van der Waals surface area contributed by atoms with Gasteiger partial charge in [0.15, 0.2) is 6.10 Å². The summed E-state index contributed by atoms with van der Waals surface area (Å²) in [6, 6.07) is 7.26. The summed E-state index contributed by atoms with van der Waals surface area (Å²) in [5.41, 5.74) is 3.40. The minimum Gasteiger partial charge on any atom is -0.477 e. The summed E-state index contributed by atoms with van der Waals surface area (Å²) >= 11 is 0. The molecule has 1 aliphatic heterocycles. The van der Waals surface area contributed by atoms with Crippen LogP contribution in [0.3, 0.4) is 0 Å². The largest absolute Gasteiger partial charge is 0.477 e. The second-order valence-corrected chi connectivity index (χ2v) is 6.93. The molecule has 1 N–H and O–H groups in total. The van der Waals surface area contributed by atoms with Gasteiger partial charge in [-0.15, -0.1) is 0 Å². The van der Waals surface area contributed by atoms with Gasteiger partial charge in [-0.2, -0.15) is 10.1 Å². The number of nitrogens with one attached hydrogen (secondary N) is 1. The number of hydrogen-bond acceptors (Lipinski definition) is 6. The van der Waals surface area contributed by atoms with Crippen molar-refractivity contribution in [3.05, 3.63) is 47.5 Å². The molecule has 29 heavy (non-hydrogen) atoms. The van der Waals surface area contributed by atoms with Gasteiger partial charge >= 0.3 is 0 Å². The van der Waals surface area contributed by atoms with Gasteiger partial charge in [0.2, 0.25) is 5.91 Å². The highest BCUT2D eigenvalue weighted by Gasteiger charge is 2.33. The van der Waals surface area contributed by atoms with E-state index in [1.165, 1.54) is 6.33 Å². The van der Waals surface area contributed by atoms with Crippen LogP contribution in [0.15, 0.2) is 30.6 Å². The molecule has 1 atom stereocenters. The molecule has 4 rings (SSSR count). The number of benzene rings is 1. The second kappa shape index (κ2) is 7.50. The number of amides is 2. The van der Waals surface area contributed by atoms with Gasteiger partial charge in [-0.3, -0.25) is 9.59 Å². The Morgan fingerprint density at radius 3 is 2.86 bits per heavy atom. The maximum atomic E-state index is 13.1. The van der Waals surface area contributed by atoms with Crippen molar-refractivity contribution in [2.45, 2.75) is 32.8 Å². The van der Waals surface area contributed by atoms with Gasteiger partial charge in [-0.1, -0.05) is 12.1 Å². The van der Waals surface area contributed by atoms with Gasteiger partial charge in [0.1, 0.15) is 12.1 Å². The number of aryl methyl sites for hydroxylation is 2. The number of carbonyl (C=O) groups is 2. The van der Waals surface area contributed by atoms with E-state index in [-0.39, 0.29) is 24.8 Å². The lowest BCUT2D eigenvalue weighted by Gasteiger charge is -2.34. The number of fused-ring (bicyclic) bond motifs is 2. The number of hydrogen-bond donors (Lipinski definition) is 1. The van der Waals surface area contributed by atoms with Crippen LogP contribution in [-0.2, 0) is 16.0 Å². The fourth-order valence-electron chi connectivity index (χ4n) is 3.65. The standard InChI is InChI=1S/C20H22N6O3/c1-12-14(13(2)26-20(24-12)22-11-23-26)8-9-18(27)25-10-17(19(28)21-3)29-16-7-5-4-6-15(16)25/h4-7,11,17H,8-10H2,1-3H3,(H,21,28)/t17-/m0/s1. The molecule has 1 aromatic carbocycles. The molecule has 3 aromatic rings. The van der Waals surface area contributed by atoms with Crippen molar-refractivity contribution in [3.8, 4) is 5.75 Å². The molecule has 150 valence electrons. The Kier molecular flexibility index (Phi) is 4.87. The zero-order valence-corrected chi connectivity index (χ0v) is 16.5. The van der Waals surface area contributed by atoms with Crippen molar-refractivity contribution in [1.29, 1.82) is 0 Å². The van der Waals surface area contributed by atoms with Crippen molar-refractivity contribution in [2.75, 3.05) is 18.5 Å². The van der Waals surface area contributed by atoms with Crippen molar-refractivity contribution in [2.24, 2.45) is 0 Å². The van der Waals surface area contributed by atoms with E-state index in [1.807, 2.05) is 32.0 Å². The molecule has 0 saturated carbocycles. The highest BCUT2D eigenvalue weighted by molar-refractivity contribution is 5.97. The normalized spacial score (nSPS) is 15.7. The minimum absolute atomic E-state index is 0.0767. The van der Waals surface area contributed by atoms with E-state index in [2.05, 4.69) is 20.4 Å². The lowest BCUT2D eigenvalue weighted by Crippen LogP contribution is -2.50. The Balaban J connectivity index is 1.57. The van der Waals surface area contributed by atoms with E-state index in [0.29, 0.717) is 23.6 Å². The van der Waals surface area contributed by atoms with Crippen molar-refractivity contribution in [3.63, 3.8) is 0 Å². The molecule has 1 aliphatic rings. The highest BCUT2D eigenvalue weighted by Crippen LogP contribution is 2.33. The van der Waals surface area contributed by atoms with E-state index >= 15 is 0 Å². The summed E-state index contributed by atoms with van der Waals surface area (Å²) in [5.74, 6) is 0.737. The third kappa shape index (κ3) is 3.39. The topological polar surface area (TPSA) is 102 Å². The van der Waals surface area contributed by atoms with Gasteiger partial charge in [0, 0.05) is 24.9 Å². The van der Waals surface area contributed by atoms with Crippen LogP contribution in [0.1, 0.15) is 23.4 Å². The third-order valence-electron chi connectivity index (χ3n) is 5.19. The zero-order chi connectivity index (χ0) is 20.5. The van der Waals surface area contributed by atoms with Crippen LogP contribution in [0, 0.1) is 13.8 Å². The van der Waals surface area contributed by atoms with Crippen LogP contribution >= 0.6 is 0 Å². The average Bonchev–Trinajstić information content (AvgIpc) is 3.20. The lowest BCUT2D eigenvalue weighted by atomic mass is 10.1. The van der Waals surface area contributed by atoms with Gasteiger partial charge in [0.05, 0.1) is 12.2 Å². The Morgan fingerprint density at radius 1 is 1.28 bits per heavy atom. The molecule has 0 bridgehead atoms. The van der Waals surface area contributed by atoms with Gasteiger partial charge in [-0.25, -0.2) is 9.50 Å². The van der Waals surface area contributed by atoms with Crippen molar-refractivity contribution in [1.82, 2.24) is 24.9 Å². The summed E-state index contributed by atoms with van der Waals surface area (Å²) in [4.78, 5) is 35.4. The maximum absolute atomic E-state index is 13.1. The molecule has 2 amide bonds. The lowest BCUT2D eigenvalue weighted by molar-refractivity contribution is -0.127. The van der Waals surface area contributed by atoms with E-state index in [4.69, 9.17) is 4.74 Å². The smallest absolute Gasteiger partial charge is 0.262 e. The summed E-state index contributed by atoms with van der Waals surface area (Å²) in [6.07, 6.45) is 1.52. The quantitative estimate of drug-likeness (QED) is 0.714. The maximum Gasteiger partial charge on any atom is 0.262 e. The number of anilines is 1. The number of likely N-dealkylation sites (N-methyl/N-ethyl adjacent to an activating group) is 1. The Morgan fingerprint density at radius 2 is 2.07 bits per heavy atom. The number of rotatable bonds is 4. The number of para-hydroxylation sites is 2. The first kappa shape index (κ1) is 18.9. The summed E-state index contributed by atoms with van der Waals surface area (Å²) < 4.78 is 7.45. The molecule has 0 radical (unpaired) electrons. The summed E-state index contributed by atoms with van der Waals surface area (Å²) in [6.45, 7) is 4.03. The Labute approximate surface area is 167 Å². The van der Waals surface area contributed by atoms with Crippen molar-refractivity contribution < 1.29 is 14.3 Å². The number of ether oxygens (including phenoxy) is 1. The van der Waals surface area contributed by atoms with Gasteiger partial charge in [0.25, 0.3) is 11.7 Å². The Bertz CT molecular complexity index is 1090. The SMILES string of the molecule is CNC(=O)[C@@H]1CN(C(=O)CCc2c(C)nc3ncnn3c2C)c2ccccc2O1. The molecule has 9 nitrogen and oxygen atoms in total. The summed E-state index contributed by atoms with van der Waals surface area (Å²) in [7, 11) is 1.55. The van der Waals surface area contributed by atoms with Crippen LogP contribution in [0.2, 0.25) is 0 Å². The molecule has 2 aromatic heterocycles. The molecule has 3 heterocycles. The first-order chi connectivity index (χ1) is 14.0. The van der Waals surface area contributed by atoms with E-state index in [9.17, 15) is 9.59 Å². The minimum atomic E-state index is -0.740. The second-order valence-electron chi connectivity index (χ2n) is 6.93. The van der Waals surface area contributed by atoms with Crippen molar-refractivity contribution >= 4 is 23.3 Å². The first-order valence-electron chi connectivity index (χ1n) is 9.43. The summed E-state index contributed by atoms with van der Waals surface area (Å²) in [5, 5.41) is 6.78. The predicted octanol–water partition coefficient (Wildman–Crippen LogP) is 1.21. The molecular formula is C20H22N6O3. The Hall–Kier alpha value is -3.49. The highest BCUT2D eigenvalue weighted by atomic mass is 16.5. The first-order valence-corrected chi connectivity index (χ1v) is 9.43. The fraction of sp³-hybridized carbons (Fsp3) is 0.350. The van der Waals surface area contributed by atoms with Crippen LogP contribution in [0.25, 0.3) is 5.78 Å². The average molecular weight is 394 g/mol. The third-order valence-corrected chi connectivity index (χ3v) is 5.19. The number of aromatic nitrogens is 4. The van der Waals surface area contributed by atoms with E-state index < -0.39 is 6.10 Å². The van der Waals surface area contributed by atoms with Crippen LogP contribution in [0.4, 0.5) is 5.69 Å². The van der Waals surface area contributed by atoms with E-state index in [1.54, 1.807) is 22.5 Å².